The molecule has 0 N–H and O–H groups in total. The Morgan fingerprint density at radius 3 is 1.20 bits per heavy atom. The molecule has 4 heteroatoms. The van der Waals surface area contributed by atoms with Crippen LogP contribution < -0.4 is 0 Å². The number of hydrogen-bond acceptors (Lipinski definition) is 0. The first-order valence-electron chi connectivity index (χ1n) is 0.338. The van der Waals surface area contributed by atoms with Gasteiger partial charge in [0.15, 0.2) is 0 Å². The second-order valence-electron chi connectivity index (χ2n) is 0.0639. The van der Waals surface area contributed by atoms with Gasteiger partial charge in [-0.1, -0.05) is 0 Å². The molecule has 0 atom stereocenters. The van der Waals surface area contributed by atoms with Crippen molar-refractivity contribution < 1.29 is 9.47 Å². The van der Waals surface area contributed by atoms with Gasteiger partial charge >= 0.3 is 49.4 Å². The van der Waals surface area contributed by atoms with Crippen molar-refractivity contribution >= 4 is 63.9 Å². The Balaban J connectivity index is -0.0000000200. The fourth-order valence-corrected chi connectivity index (χ4v) is 0. The summed E-state index contributed by atoms with van der Waals surface area (Å²) >= 11 is 4.74. The predicted molar refractivity (Wildman–Crippen MR) is 49.9 cm³/mol. The van der Waals surface area contributed by atoms with Gasteiger partial charge in [0, 0.05) is 0 Å². The average molecular weight is 448 g/mol. The Morgan fingerprint density at radius 1 is 1.20 bits per heavy atom. The Kier molecular flexibility index (Phi) is 49.6. The molecule has 0 spiro atoms. The molecule has 0 unspecified atom stereocenters. The van der Waals surface area contributed by atoms with Gasteiger partial charge in [-0.3, -0.25) is 0 Å². The third-order valence-electron chi connectivity index (χ3n) is 0. The molecule has 0 aliphatic carbocycles. The van der Waals surface area contributed by atoms with Crippen LogP contribution in [0, 0.1) is 7.43 Å². The first kappa shape index (κ1) is 15.7. The van der Waals surface area contributed by atoms with Crippen molar-refractivity contribution in [3.63, 3.8) is 0 Å². The Labute approximate surface area is 79.1 Å². The molecule has 0 saturated heterocycles. The zero-order chi connectivity index (χ0) is 2.71. The normalized spacial score (nSPS) is 2.80. The Morgan fingerprint density at radius 2 is 1.20 bits per heavy atom. The van der Waals surface area contributed by atoms with Crippen LogP contribution in [0.1, 0.15) is 0 Å². The van der Waals surface area contributed by atoms with E-state index in [4.69, 9.17) is 0 Å². The van der Waals surface area contributed by atoms with Gasteiger partial charge in [-0.15, -0.1) is 24.0 Å². The first-order chi connectivity index (χ1) is 1.41. The molecule has 0 saturated carbocycles. The summed E-state index contributed by atoms with van der Waals surface area (Å²) in [5.74, 6) is 0. The Hall–Kier alpha value is 2.77. The number of hydrogen-bond donors (Lipinski definition) is 0. The van der Waals surface area contributed by atoms with Crippen LogP contribution in [0.25, 0.3) is 0 Å². The maximum atomic E-state index is 2.37. The molecule has 0 aromatic carbocycles. The van der Waals surface area contributed by atoms with Gasteiger partial charge in [0.25, 0.3) is 0 Å². The molecule has 0 aliphatic heterocycles. The molecule has 0 fully saturated rings. The third-order valence-corrected chi connectivity index (χ3v) is 0. The summed E-state index contributed by atoms with van der Waals surface area (Å²) in [6.45, 7) is 0. The van der Waals surface area contributed by atoms with Crippen molar-refractivity contribution in [2.24, 2.45) is 0 Å². The van der Waals surface area contributed by atoms with Gasteiger partial charge in [-0.05, 0) is 0 Å². The zero-order valence-electron chi connectivity index (χ0n) is 2.61. The van der Waals surface area contributed by atoms with E-state index in [2.05, 4.69) is 40.0 Å². The van der Waals surface area contributed by atoms with Crippen LogP contribution in [0.3, 0.4) is 0 Å². The number of rotatable bonds is 0. The molecule has 0 nitrogen and oxygen atoms in total. The van der Waals surface area contributed by atoms with E-state index in [0.717, 1.165) is 0 Å². The van der Waals surface area contributed by atoms with Crippen molar-refractivity contribution in [2.75, 3.05) is 0 Å². The van der Waals surface area contributed by atoms with E-state index in [0.29, 0.717) is 9.47 Å². The third kappa shape index (κ3) is 20.1. The van der Waals surface area contributed by atoms with Crippen LogP contribution in [0.5, 0.6) is 0 Å². The molecule has 0 heterocycles. The van der Waals surface area contributed by atoms with E-state index in [1.165, 1.54) is 0 Å². The fraction of sp³-hybridized carbons (Fsp3) is 0. The summed E-state index contributed by atoms with van der Waals surface area (Å²) in [7, 11) is 0.628. The summed E-state index contributed by atoms with van der Waals surface area (Å²) < 4.78 is 0. The van der Waals surface area contributed by atoms with Crippen molar-refractivity contribution in [2.45, 2.75) is 0 Å². The van der Waals surface area contributed by atoms with Crippen LogP contribution in [-0.4, -0.2) is 0 Å². The standard InChI is InChI=1S/CH3.3HI.V/h1H3;3*1H;/q-1;;;;+2/p-2. The molecule has 35 valence electrons. The van der Waals surface area contributed by atoms with Gasteiger partial charge < -0.3 is 7.43 Å². The van der Waals surface area contributed by atoms with Gasteiger partial charge in [-0.25, -0.2) is 0 Å². The van der Waals surface area contributed by atoms with E-state index >= 15 is 0 Å². The summed E-state index contributed by atoms with van der Waals surface area (Å²) in [6, 6.07) is 0. The maximum absolute atomic E-state index is 2.37. The van der Waals surface area contributed by atoms with Crippen molar-refractivity contribution in [1.82, 2.24) is 0 Å². The zero-order valence-corrected chi connectivity index (χ0v) is 10.7. The van der Waals surface area contributed by atoms with Gasteiger partial charge in [0.05, 0.1) is 0 Å². The molecule has 0 aromatic heterocycles. The van der Waals surface area contributed by atoms with Gasteiger partial charge in [0.1, 0.15) is 0 Å². The van der Waals surface area contributed by atoms with Crippen LogP contribution in [0.2, 0.25) is 0 Å². The predicted octanol–water partition coefficient (Wildman–Crippen LogP) is 2.84. The second kappa shape index (κ2) is 15.9. The van der Waals surface area contributed by atoms with Crippen LogP contribution >= 0.6 is 63.9 Å². The van der Waals surface area contributed by atoms with Crippen molar-refractivity contribution in [3.8, 4) is 0 Å². The molecule has 0 amide bonds. The first-order valence-corrected chi connectivity index (χ1v) is 9.35. The SMILES string of the molecule is I.[CH3-].[I][V][I]. The summed E-state index contributed by atoms with van der Waals surface area (Å²) in [5, 5.41) is 0. The van der Waals surface area contributed by atoms with Crippen molar-refractivity contribution in [1.29, 1.82) is 0 Å². The fourth-order valence-electron chi connectivity index (χ4n) is 0. The quantitative estimate of drug-likeness (QED) is 0.396. The van der Waals surface area contributed by atoms with E-state index in [9.17, 15) is 0 Å². The Bertz CT molecular complexity index is 6.85. The molecule has 0 aliphatic rings. The monoisotopic (exact) mass is 448 g/mol. The molecule has 0 bridgehead atoms. The van der Waals surface area contributed by atoms with Crippen molar-refractivity contribution in [3.05, 3.63) is 7.43 Å². The minimum atomic E-state index is 0. The van der Waals surface area contributed by atoms with E-state index in [-0.39, 0.29) is 31.4 Å². The van der Waals surface area contributed by atoms with Crippen LogP contribution in [0.15, 0.2) is 0 Å². The molecule has 0 rings (SSSR count). The van der Waals surface area contributed by atoms with Crippen LogP contribution in [0.4, 0.5) is 0 Å². The van der Waals surface area contributed by atoms with E-state index < -0.39 is 0 Å². The molecular formula is CH4I3V-. The summed E-state index contributed by atoms with van der Waals surface area (Å²) in [5.41, 5.74) is 0. The van der Waals surface area contributed by atoms with Gasteiger partial charge in [0.2, 0.25) is 0 Å². The summed E-state index contributed by atoms with van der Waals surface area (Å²) in [6.07, 6.45) is 0. The second-order valence-corrected chi connectivity index (χ2v) is 11.9. The van der Waals surface area contributed by atoms with E-state index in [1.807, 2.05) is 0 Å². The van der Waals surface area contributed by atoms with Gasteiger partial charge in [-0.2, -0.15) is 0 Å². The van der Waals surface area contributed by atoms with E-state index in [1.54, 1.807) is 0 Å². The molecular weight excluding hydrogens is 444 g/mol. The number of halogens is 3. The molecule has 0 radical (unpaired) electrons. The van der Waals surface area contributed by atoms with Crippen LogP contribution in [-0.2, 0) is 9.47 Å². The average Bonchev–Trinajstić information content (AvgIpc) is 0.918. The topological polar surface area (TPSA) is 0 Å². The minimum absolute atomic E-state index is 0. The summed E-state index contributed by atoms with van der Waals surface area (Å²) in [4.78, 5) is 0. The molecule has 0 aromatic rings. The molecule has 5 heavy (non-hydrogen) atoms.